The molecule has 2 bridgehead atoms. The molecule has 5 aliphatic rings. The second-order valence-corrected chi connectivity index (χ2v) is 9.84. The minimum atomic E-state index is -2.54. The number of benzene rings is 1. The van der Waals surface area contributed by atoms with Crippen LogP contribution in [0.4, 0.5) is 10.1 Å². The average molecular weight is 401 g/mol. The predicted octanol–water partition coefficient (Wildman–Crippen LogP) is 1.26. The van der Waals surface area contributed by atoms with Crippen molar-refractivity contribution < 1.29 is 22.7 Å². The third-order valence-corrected chi connectivity index (χ3v) is 9.23. The van der Waals surface area contributed by atoms with Crippen molar-refractivity contribution in [3.05, 3.63) is 29.8 Å². The van der Waals surface area contributed by atoms with E-state index >= 15 is 4.39 Å². The molecule has 6 rings (SSSR count). The molecule has 7 nitrogen and oxygen atoms in total. The minimum absolute atomic E-state index is 0.239. The standard InChI is InChI=1S/C14H12FN3O4S3/c1-16-10-9(19)17-11-13(15,6-14(17,12(16)20)24-23-10)7-4-2-3-5-8(7)18(11)25(21)22/h2-5,10-11H,6H2,1H3,(H,21,22)/t10-,11+,13+,14-/m1/s1. The Hall–Kier alpha value is -1.30. The zero-order chi connectivity index (χ0) is 17.7. The molecule has 1 unspecified atom stereocenters. The lowest BCUT2D eigenvalue weighted by Gasteiger charge is -2.53. The van der Waals surface area contributed by atoms with Gasteiger partial charge in [-0.05, 0) is 6.07 Å². The van der Waals surface area contributed by atoms with Crippen LogP contribution in [0.3, 0.4) is 0 Å². The van der Waals surface area contributed by atoms with Crippen LogP contribution < -0.4 is 4.31 Å². The maximum Gasteiger partial charge on any atom is 0.263 e. The van der Waals surface area contributed by atoms with Crippen LogP contribution in [0.1, 0.15) is 12.0 Å². The van der Waals surface area contributed by atoms with Gasteiger partial charge < -0.3 is 4.90 Å². The Balaban J connectivity index is 1.77. The quantitative estimate of drug-likeness (QED) is 0.564. The number of anilines is 1. The number of amides is 2. The van der Waals surface area contributed by atoms with Gasteiger partial charge in [-0.25, -0.2) is 12.9 Å². The fourth-order valence-corrected chi connectivity index (χ4v) is 8.45. The van der Waals surface area contributed by atoms with Gasteiger partial charge in [0.1, 0.15) is 0 Å². The van der Waals surface area contributed by atoms with Crippen molar-refractivity contribution in [2.45, 2.75) is 28.5 Å². The summed E-state index contributed by atoms with van der Waals surface area (Å²) in [4.78, 5) is 27.0. The molecule has 1 aromatic carbocycles. The second-order valence-electron chi connectivity index (χ2n) is 6.43. The number of hydrogen-bond donors (Lipinski definition) is 1. The Morgan fingerprint density at radius 3 is 2.80 bits per heavy atom. The highest BCUT2D eigenvalue weighted by Gasteiger charge is 2.77. The molecule has 5 atom stereocenters. The molecule has 5 heterocycles. The first-order valence-corrected chi connectivity index (χ1v) is 10.7. The molecule has 5 aliphatic heterocycles. The number of hydrogen-bond acceptors (Lipinski definition) is 5. The lowest BCUT2D eigenvalue weighted by molar-refractivity contribution is -0.158. The highest BCUT2D eigenvalue weighted by molar-refractivity contribution is 8.78. The largest absolute Gasteiger partial charge is 0.322 e. The van der Waals surface area contributed by atoms with Crippen molar-refractivity contribution in [2.75, 3.05) is 11.4 Å². The van der Waals surface area contributed by atoms with Gasteiger partial charge in [0.2, 0.25) is 0 Å². The van der Waals surface area contributed by atoms with E-state index in [0.29, 0.717) is 0 Å². The number of carbonyl (C=O) groups excluding carboxylic acids is 2. The first-order chi connectivity index (χ1) is 11.8. The Morgan fingerprint density at radius 1 is 1.36 bits per heavy atom. The van der Waals surface area contributed by atoms with E-state index in [0.717, 1.165) is 4.31 Å². The number of alkyl halides is 1. The van der Waals surface area contributed by atoms with E-state index in [1.807, 2.05) is 0 Å². The van der Waals surface area contributed by atoms with Gasteiger partial charge in [-0.3, -0.25) is 19.0 Å². The SMILES string of the molecule is CN1C(=O)[C@]23C[C@]4(F)c5ccccc5N(S(=O)O)[C@@H]4N2C(=O)[C@H]1SS3. The zero-order valence-electron chi connectivity index (χ0n) is 12.8. The van der Waals surface area contributed by atoms with E-state index in [4.69, 9.17) is 0 Å². The van der Waals surface area contributed by atoms with E-state index in [1.165, 1.54) is 38.4 Å². The Labute approximate surface area is 152 Å². The molecule has 4 fully saturated rings. The Kier molecular flexibility index (Phi) is 2.99. The first-order valence-electron chi connectivity index (χ1n) is 7.46. The third kappa shape index (κ3) is 1.61. The number of carbonyl (C=O) groups is 2. The summed E-state index contributed by atoms with van der Waals surface area (Å²) in [6.07, 6.45) is -1.55. The fraction of sp³-hybridized carbons (Fsp3) is 0.429. The van der Waals surface area contributed by atoms with E-state index in [9.17, 15) is 18.4 Å². The van der Waals surface area contributed by atoms with Crippen LogP contribution in [0.25, 0.3) is 0 Å². The second kappa shape index (κ2) is 4.70. The van der Waals surface area contributed by atoms with Gasteiger partial charge in [0.25, 0.3) is 23.1 Å². The van der Waals surface area contributed by atoms with Crippen molar-refractivity contribution >= 4 is 50.4 Å². The molecule has 1 spiro atoms. The Bertz CT molecular complexity index is 871. The van der Waals surface area contributed by atoms with Crippen molar-refractivity contribution in [1.82, 2.24) is 9.80 Å². The summed E-state index contributed by atoms with van der Waals surface area (Å²) in [5.74, 6) is -0.743. The van der Waals surface area contributed by atoms with Crippen molar-refractivity contribution in [3.8, 4) is 0 Å². The van der Waals surface area contributed by atoms with Gasteiger partial charge in [-0.1, -0.05) is 39.8 Å². The summed E-state index contributed by atoms with van der Waals surface area (Å²) in [5.41, 5.74) is -1.57. The van der Waals surface area contributed by atoms with Gasteiger partial charge in [0, 0.05) is 19.0 Å². The van der Waals surface area contributed by atoms with Crippen LogP contribution in [0.5, 0.6) is 0 Å². The van der Waals surface area contributed by atoms with Crippen LogP contribution in [-0.2, 0) is 26.5 Å². The van der Waals surface area contributed by atoms with Crippen LogP contribution in [0, 0.1) is 0 Å². The van der Waals surface area contributed by atoms with Gasteiger partial charge in [0.15, 0.2) is 22.1 Å². The number of likely N-dealkylation sites (N-methyl/N-ethyl adjacent to an activating group) is 1. The van der Waals surface area contributed by atoms with Crippen LogP contribution in [0.2, 0.25) is 0 Å². The summed E-state index contributed by atoms with van der Waals surface area (Å²) in [5, 5.41) is -0.751. The third-order valence-electron chi connectivity index (χ3n) is 5.25. The van der Waals surface area contributed by atoms with Gasteiger partial charge >= 0.3 is 0 Å². The fourth-order valence-electron chi connectivity index (χ4n) is 4.25. The van der Waals surface area contributed by atoms with E-state index in [-0.39, 0.29) is 23.6 Å². The molecule has 11 heteroatoms. The average Bonchev–Trinajstić information content (AvgIpc) is 2.98. The monoisotopic (exact) mass is 401 g/mol. The first kappa shape index (κ1) is 15.9. The van der Waals surface area contributed by atoms with E-state index < -0.39 is 39.3 Å². The summed E-state index contributed by atoms with van der Waals surface area (Å²) < 4.78 is 39.1. The lowest BCUT2D eigenvalue weighted by Crippen LogP contribution is -2.71. The zero-order valence-corrected chi connectivity index (χ0v) is 15.2. The summed E-state index contributed by atoms with van der Waals surface area (Å²) in [6, 6.07) is 6.39. The normalized spacial score (nSPS) is 39.6. The smallest absolute Gasteiger partial charge is 0.263 e. The maximum atomic E-state index is 16.3. The number of halogens is 1. The van der Waals surface area contributed by atoms with Crippen molar-refractivity contribution in [2.24, 2.45) is 0 Å². The number of para-hydroxylation sites is 1. The molecule has 25 heavy (non-hydrogen) atoms. The molecular weight excluding hydrogens is 389 g/mol. The number of fused-ring (bicyclic) bond motifs is 5. The molecule has 0 aromatic heterocycles. The molecular formula is C14H12FN3O4S3. The van der Waals surface area contributed by atoms with Gasteiger partial charge in [-0.15, -0.1) is 0 Å². The molecule has 4 saturated heterocycles. The van der Waals surface area contributed by atoms with Crippen molar-refractivity contribution in [1.29, 1.82) is 0 Å². The summed E-state index contributed by atoms with van der Waals surface area (Å²) in [6.45, 7) is 0. The van der Waals surface area contributed by atoms with Crippen LogP contribution in [-0.4, -0.2) is 53.8 Å². The maximum absolute atomic E-state index is 16.3. The highest BCUT2D eigenvalue weighted by Crippen LogP contribution is 2.67. The van der Waals surface area contributed by atoms with Crippen LogP contribution >= 0.6 is 21.6 Å². The van der Waals surface area contributed by atoms with E-state index in [2.05, 4.69) is 0 Å². The Morgan fingerprint density at radius 2 is 2.08 bits per heavy atom. The number of piperazine rings is 1. The van der Waals surface area contributed by atoms with Gasteiger partial charge in [-0.2, -0.15) is 0 Å². The number of rotatable bonds is 1. The van der Waals surface area contributed by atoms with Crippen LogP contribution in [0.15, 0.2) is 24.3 Å². The van der Waals surface area contributed by atoms with Gasteiger partial charge in [0.05, 0.1) is 5.69 Å². The molecule has 0 saturated carbocycles. The summed E-state index contributed by atoms with van der Waals surface area (Å²) >= 11 is -2.54. The number of nitrogens with zero attached hydrogens (tertiary/aromatic N) is 3. The predicted molar refractivity (Wildman–Crippen MR) is 92.2 cm³/mol. The van der Waals surface area contributed by atoms with E-state index in [1.54, 1.807) is 24.3 Å². The molecule has 2 amide bonds. The molecule has 1 N–H and O–H groups in total. The molecule has 0 aliphatic carbocycles. The highest BCUT2D eigenvalue weighted by atomic mass is 33.1. The lowest BCUT2D eigenvalue weighted by atomic mass is 9.92. The minimum Gasteiger partial charge on any atom is -0.322 e. The topological polar surface area (TPSA) is 81.2 Å². The molecule has 1 aromatic rings. The van der Waals surface area contributed by atoms with Crippen molar-refractivity contribution in [3.63, 3.8) is 0 Å². The summed E-state index contributed by atoms with van der Waals surface area (Å²) in [7, 11) is 3.94. The molecule has 132 valence electrons. The molecule has 0 radical (unpaired) electrons.